The van der Waals surface area contributed by atoms with Crippen molar-refractivity contribution < 1.29 is 14.2 Å². The molecule has 7 heteroatoms. The van der Waals surface area contributed by atoms with E-state index >= 15 is 0 Å². The smallest absolute Gasteiger partial charge is 0.231 e. The number of ether oxygens (including phenoxy) is 3. The number of pyridine rings is 1. The summed E-state index contributed by atoms with van der Waals surface area (Å²) in [5, 5.41) is 6.61. The third kappa shape index (κ3) is 5.20. The number of guanidine groups is 1. The first-order valence-corrected chi connectivity index (χ1v) is 9.75. The number of nitrogens with one attached hydrogen (secondary N) is 2. The van der Waals surface area contributed by atoms with Crippen molar-refractivity contribution in [1.82, 2.24) is 15.6 Å². The number of hydrogen-bond acceptors (Lipinski definition) is 5. The fourth-order valence-electron chi connectivity index (χ4n) is 3.01. The highest BCUT2D eigenvalue weighted by molar-refractivity contribution is 5.79. The van der Waals surface area contributed by atoms with Crippen LogP contribution in [0.15, 0.2) is 71.9 Å². The Bertz CT molecular complexity index is 1010. The van der Waals surface area contributed by atoms with Gasteiger partial charge in [0.1, 0.15) is 6.61 Å². The van der Waals surface area contributed by atoms with E-state index in [-0.39, 0.29) is 6.79 Å². The molecule has 0 saturated heterocycles. The molecule has 0 saturated carbocycles. The van der Waals surface area contributed by atoms with Crippen molar-refractivity contribution in [2.75, 3.05) is 13.8 Å². The molecule has 0 radical (unpaired) electrons. The highest BCUT2D eigenvalue weighted by atomic mass is 16.7. The Labute approximate surface area is 175 Å². The minimum atomic E-state index is 0.276. The van der Waals surface area contributed by atoms with Gasteiger partial charge in [-0.05, 0) is 34.9 Å². The van der Waals surface area contributed by atoms with E-state index in [9.17, 15) is 0 Å². The molecule has 2 heterocycles. The van der Waals surface area contributed by atoms with E-state index in [1.54, 1.807) is 13.2 Å². The van der Waals surface area contributed by atoms with Crippen molar-refractivity contribution >= 4 is 5.96 Å². The van der Waals surface area contributed by atoms with Crippen LogP contribution in [0.5, 0.6) is 17.4 Å². The SMILES string of the molecule is CN=C(NCc1ccnc(OCc2ccccc2)c1)NCc1ccc2c(c1)OCO2. The first-order chi connectivity index (χ1) is 14.8. The van der Waals surface area contributed by atoms with Gasteiger partial charge in [0.25, 0.3) is 0 Å². The van der Waals surface area contributed by atoms with Crippen LogP contribution in [0, 0.1) is 0 Å². The summed E-state index contributed by atoms with van der Waals surface area (Å²) in [5.41, 5.74) is 3.25. The monoisotopic (exact) mass is 404 g/mol. The second-order valence-electron chi connectivity index (χ2n) is 6.74. The molecule has 1 aromatic heterocycles. The summed E-state index contributed by atoms with van der Waals surface area (Å²) in [6.07, 6.45) is 1.75. The summed E-state index contributed by atoms with van der Waals surface area (Å²) in [6.45, 7) is 1.99. The van der Waals surface area contributed by atoms with Gasteiger partial charge in [-0.2, -0.15) is 0 Å². The first-order valence-electron chi connectivity index (χ1n) is 9.75. The standard InChI is InChI=1S/C23H24N4O3/c1-24-23(26-13-18-7-8-20-21(11-18)30-16-29-20)27-14-19-9-10-25-22(12-19)28-15-17-5-3-2-4-6-17/h2-12H,13-16H2,1H3,(H2,24,26,27). The van der Waals surface area contributed by atoms with Gasteiger partial charge in [0, 0.05) is 32.4 Å². The predicted molar refractivity (Wildman–Crippen MR) is 115 cm³/mol. The lowest BCUT2D eigenvalue weighted by atomic mass is 10.2. The molecular formula is C23H24N4O3. The summed E-state index contributed by atoms with van der Waals surface area (Å²) in [4.78, 5) is 8.57. The van der Waals surface area contributed by atoms with E-state index in [2.05, 4.69) is 20.6 Å². The lowest BCUT2D eigenvalue weighted by Crippen LogP contribution is -2.36. The zero-order chi connectivity index (χ0) is 20.6. The molecule has 1 aliphatic heterocycles. The summed E-state index contributed by atoms with van der Waals surface area (Å²) >= 11 is 0. The van der Waals surface area contributed by atoms with E-state index in [1.165, 1.54) is 0 Å². The van der Waals surface area contributed by atoms with Crippen molar-refractivity contribution in [3.8, 4) is 17.4 Å². The third-order valence-corrected chi connectivity index (χ3v) is 4.61. The predicted octanol–water partition coefficient (Wildman–Crippen LogP) is 3.25. The van der Waals surface area contributed by atoms with Crippen molar-refractivity contribution in [1.29, 1.82) is 0 Å². The number of fused-ring (bicyclic) bond motifs is 1. The number of nitrogens with zero attached hydrogens (tertiary/aromatic N) is 2. The van der Waals surface area contributed by atoms with Gasteiger partial charge in [-0.15, -0.1) is 0 Å². The Hall–Kier alpha value is -3.74. The number of benzene rings is 2. The Morgan fingerprint density at radius 1 is 0.933 bits per heavy atom. The maximum atomic E-state index is 5.80. The molecule has 2 N–H and O–H groups in total. The van der Waals surface area contributed by atoms with Gasteiger partial charge in [0.05, 0.1) is 0 Å². The van der Waals surface area contributed by atoms with Crippen LogP contribution >= 0.6 is 0 Å². The molecule has 0 atom stereocenters. The Balaban J connectivity index is 1.27. The fraction of sp³-hybridized carbons (Fsp3) is 0.217. The molecule has 3 aromatic rings. The van der Waals surface area contributed by atoms with Gasteiger partial charge in [0.15, 0.2) is 17.5 Å². The molecule has 7 nitrogen and oxygen atoms in total. The van der Waals surface area contributed by atoms with Crippen LogP contribution in [-0.4, -0.2) is 24.8 Å². The maximum Gasteiger partial charge on any atom is 0.231 e. The van der Waals surface area contributed by atoms with Gasteiger partial charge in [-0.3, -0.25) is 4.99 Å². The Kier molecular flexibility index (Phi) is 6.29. The van der Waals surface area contributed by atoms with Crippen molar-refractivity contribution in [2.45, 2.75) is 19.7 Å². The fourth-order valence-corrected chi connectivity index (χ4v) is 3.01. The number of aliphatic imine (C=N–C) groups is 1. The van der Waals surface area contributed by atoms with E-state index in [1.807, 2.05) is 60.7 Å². The first kappa shape index (κ1) is 19.6. The van der Waals surface area contributed by atoms with Gasteiger partial charge >= 0.3 is 0 Å². The van der Waals surface area contributed by atoms with Crippen LogP contribution < -0.4 is 24.8 Å². The number of hydrogen-bond donors (Lipinski definition) is 2. The Morgan fingerprint density at radius 3 is 2.50 bits per heavy atom. The second-order valence-corrected chi connectivity index (χ2v) is 6.74. The van der Waals surface area contributed by atoms with Gasteiger partial charge in [-0.25, -0.2) is 4.98 Å². The van der Waals surface area contributed by atoms with Crippen LogP contribution in [0.2, 0.25) is 0 Å². The molecule has 0 fully saturated rings. The minimum Gasteiger partial charge on any atom is -0.473 e. The molecule has 0 amide bonds. The topological polar surface area (TPSA) is 77.0 Å². The summed E-state index contributed by atoms with van der Waals surface area (Å²) in [6, 6.07) is 19.8. The van der Waals surface area contributed by atoms with Gasteiger partial charge < -0.3 is 24.8 Å². The Morgan fingerprint density at radius 2 is 1.70 bits per heavy atom. The molecule has 2 aromatic carbocycles. The van der Waals surface area contributed by atoms with E-state index < -0.39 is 0 Å². The molecule has 0 unspecified atom stereocenters. The van der Waals surface area contributed by atoms with Crippen molar-refractivity contribution in [3.05, 3.63) is 83.6 Å². The number of aromatic nitrogens is 1. The summed E-state index contributed by atoms with van der Waals surface area (Å²) in [5.74, 6) is 2.86. The third-order valence-electron chi connectivity index (χ3n) is 4.61. The minimum absolute atomic E-state index is 0.276. The van der Waals surface area contributed by atoms with Crippen LogP contribution in [0.4, 0.5) is 0 Å². The summed E-state index contributed by atoms with van der Waals surface area (Å²) in [7, 11) is 1.75. The van der Waals surface area contributed by atoms with Crippen LogP contribution in [0.25, 0.3) is 0 Å². The van der Waals surface area contributed by atoms with E-state index in [0.29, 0.717) is 31.5 Å². The molecule has 1 aliphatic rings. The van der Waals surface area contributed by atoms with Crippen LogP contribution in [-0.2, 0) is 19.7 Å². The average molecular weight is 404 g/mol. The zero-order valence-corrected chi connectivity index (χ0v) is 16.8. The van der Waals surface area contributed by atoms with E-state index in [0.717, 1.165) is 28.2 Å². The zero-order valence-electron chi connectivity index (χ0n) is 16.8. The van der Waals surface area contributed by atoms with Gasteiger partial charge in [-0.1, -0.05) is 36.4 Å². The highest BCUT2D eigenvalue weighted by Gasteiger charge is 2.13. The molecule has 4 rings (SSSR count). The van der Waals surface area contributed by atoms with Gasteiger partial charge in [0.2, 0.25) is 12.7 Å². The molecule has 0 spiro atoms. The largest absolute Gasteiger partial charge is 0.473 e. The van der Waals surface area contributed by atoms with Crippen LogP contribution in [0.3, 0.4) is 0 Å². The quantitative estimate of drug-likeness (QED) is 0.465. The van der Waals surface area contributed by atoms with Crippen LogP contribution in [0.1, 0.15) is 16.7 Å². The second kappa shape index (κ2) is 9.65. The molecule has 0 bridgehead atoms. The molecular weight excluding hydrogens is 380 g/mol. The lowest BCUT2D eigenvalue weighted by Gasteiger charge is -2.13. The number of rotatable bonds is 7. The molecule has 0 aliphatic carbocycles. The average Bonchev–Trinajstić information content (AvgIpc) is 3.27. The van der Waals surface area contributed by atoms with Crippen molar-refractivity contribution in [2.24, 2.45) is 4.99 Å². The van der Waals surface area contributed by atoms with E-state index in [4.69, 9.17) is 14.2 Å². The van der Waals surface area contributed by atoms with Crippen molar-refractivity contribution in [3.63, 3.8) is 0 Å². The summed E-state index contributed by atoms with van der Waals surface area (Å²) < 4.78 is 16.6. The highest BCUT2D eigenvalue weighted by Crippen LogP contribution is 2.32. The maximum absolute atomic E-state index is 5.80. The molecule has 154 valence electrons. The lowest BCUT2D eigenvalue weighted by molar-refractivity contribution is 0.174. The molecule has 30 heavy (non-hydrogen) atoms. The normalized spacial score (nSPS) is 12.5.